The van der Waals surface area contributed by atoms with E-state index in [9.17, 15) is 0 Å². The van der Waals surface area contributed by atoms with Gasteiger partial charge in [0, 0.05) is 50.2 Å². The van der Waals surface area contributed by atoms with Crippen molar-refractivity contribution < 1.29 is 0 Å². The van der Waals surface area contributed by atoms with Gasteiger partial charge >= 0.3 is 0 Å². The van der Waals surface area contributed by atoms with Crippen LogP contribution in [0.3, 0.4) is 0 Å². The lowest BCUT2D eigenvalue weighted by Gasteiger charge is -2.46. The lowest BCUT2D eigenvalue weighted by atomic mass is 9.33. The van der Waals surface area contributed by atoms with Gasteiger partial charge in [-0.2, -0.15) is 0 Å². The summed E-state index contributed by atoms with van der Waals surface area (Å²) in [5, 5.41) is 2.74. The highest BCUT2D eigenvalue weighted by atomic mass is 32.1. The van der Waals surface area contributed by atoms with Gasteiger partial charge in [-0.05, 0) is 229 Å². The fourth-order valence-corrected chi connectivity index (χ4v) is 15.8. The third-order valence-electron chi connectivity index (χ3n) is 19.6. The van der Waals surface area contributed by atoms with E-state index in [4.69, 9.17) is 0 Å². The number of nitrogens with zero attached hydrogens (tertiary/aromatic N) is 3. The second kappa shape index (κ2) is 18.6. The highest BCUT2D eigenvalue weighted by molar-refractivity contribution is 7.26. The maximum Gasteiger partial charge on any atom is 0.254 e. The molecule has 2 aliphatic carbocycles. The topological polar surface area (TPSA) is 9.72 Å². The predicted octanol–water partition coefficient (Wildman–Crippen LogP) is 19.5. The van der Waals surface area contributed by atoms with Crippen molar-refractivity contribution in [3.63, 3.8) is 0 Å². The molecular formula is C75H80BN3S. The molecule has 404 valence electrons. The summed E-state index contributed by atoms with van der Waals surface area (Å²) in [6, 6.07) is 61.6. The minimum Gasteiger partial charge on any atom is -0.311 e. The summed E-state index contributed by atoms with van der Waals surface area (Å²) >= 11 is 2.01. The highest BCUT2D eigenvalue weighted by Gasteiger charge is 2.48. The van der Waals surface area contributed by atoms with E-state index >= 15 is 0 Å². The second-order valence-corrected chi connectivity index (χ2v) is 28.7. The van der Waals surface area contributed by atoms with E-state index in [-0.39, 0.29) is 33.8 Å². The lowest BCUT2D eigenvalue weighted by Crippen LogP contribution is -2.61. The summed E-state index contributed by atoms with van der Waals surface area (Å²) in [7, 11) is 0. The summed E-state index contributed by atoms with van der Waals surface area (Å²) in [6.45, 7) is 34.0. The summed E-state index contributed by atoms with van der Waals surface area (Å²) in [5.41, 5.74) is 28.1. The van der Waals surface area contributed by atoms with Crippen LogP contribution in [0.2, 0.25) is 0 Å². The zero-order chi connectivity index (χ0) is 56.0. The Morgan fingerprint density at radius 2 is 1.02 bits per heavy atom. The van der Waals surface area contributed by atoms with Crippen molar-refractivity contribution in [3.05, 3.63) is 202 Å². The monoisotopic (exact) mass is 1070 g/mol. The van der Waals surface area contributed by atoms with Gasteiger partial charge in [0.15, 0.2) is 0 Å². The minimum absolute atomic E-state index is 0.000453. The Bertz CT molecular complexity index is 3890. The molecule has 0 unspecified atom stereocenters. The van der Waals surface area contributed by atoms with Crippen molar-refractivity contribution in [2.75, 3.05) is 14.7 Å². The molecule has 2 aliphatic heterocycles. The van der Waals surface area contributed by atoms with Crippen molar-refractivity contribution in [1.29, 1.82) is 0 Å². The molecule has 1 aromatic heterocycles. The Balaban J connectivity index is 1.14. The van der Waals surface area contributed by atoms with Gasteiger partial charge in [0.25, 0.3) is 6.71 Å². The third kappa shape index (κ3) is 8.33. The van der Waals surface area contributed by atoms with E-state index in [0.717, 1.165) is 42.7 Å². The first-order valence-electron chi connectivity index (χ1n) is 29.9. The van der Waals surface area contributed by atoms with Crippen LogP contribution in [-0.4, -0.2) is 6.71 Å². The van der Waals surface area contributed by atoms with Crippen LogP contribution >= 0.6 is 11.3 Å². The quantitative estimate of drug-likeness (QED) is 0.140. The highest BCUT2D eigenvalue weighted by Crippen LogP contribution is 2.55. The summed E-state index contributed by atoms with van der Waals surface area (Å²) < 4.78 is 1.38. The molecule has 9 aromatic rings. The zero-order valence-corrected chi connectivity index (χ0v) is 50.9. The van der Waals surface area contributed by atoms with Crippen LogP contribution in [0, 0.1) is 6.92 Å². The fraction of sp³-hybridized carbons (Fsp3) is 0.333. The SMILES string of the molecule is CCc1cc2sc3c(c2cc1CC)B1c2ccc(C(C)(C)C)cc2N(c2cc4c(cc2C)C(C)(C)CCC4(C)C)c2cc(-c4ccc(N(c5ccccc5)c5ccccc5)cc4)cc(c21)N3c1ccc2c(c1)C(C)(C)CCC2(C)C. The molecule has 0 radical (unpaired) electrons. The van der Waals surface area contributed by atoms with Gasteiger partial charge in [0.1, 0.15) is 0 Å². The van der Waals surface area contributed by atoms with E-state index < -0.39 is 0 Å². The van der Waals surface area contributed by atoms with E-state index in [0.29, 0.717) is 0 Å². The summed E-state index contributed by atoms with van der Waals surface area (Å²) in [6.07, 6.45) is 6.72. The zero-order valence-electron chi connectivity index (χ0n) is 50.1. The average molecular weight is 1070 g/mol. The molecule has 13 rings (SSSR count). The first-order valence-corrected chi connectivity index (χ1v) is 30.7. The van der Waals surface area contributed by atoms with Crippen LogP contribution in [0.25, 0.3) is 21.2 Å². The van der Waals surface area contributed by atoms with Gasteiger partial charge in [0.05, 0.1) is 5.00 Å². The molecule has 4 aliphatic rings. The Morgan fingerprint density at radius 1 is 0.487 bits per heavy atom. The second-order valence-electron chi connectivity index (χ2n) is 27.7. The largest absolute Gasteiger partial charge is 0.311 e. The molecule has 0 saturated carbocycles. The number of rotatable bonds is 8. The Labute approximate surface area is 482 Å². The molecule has 0 fully saturated rings. The molecule has 0 bridgehead atoms. The normalized spacial score (nSPS) is 17.1. The summed E-state index contributed by atoms with van der Waals surface area (Å²) in [4.78, 5) is 7.84. The number of hydrogen-bond acceptors (Lipinski definition) is 4. The van der Waals surface area contributed by atoms with Crippen molar-refractivity contribution in [2.24, 2.45) is 0 Å². The van der Waals surface area contributed by atoms with E-state index in [1.54, 1.807) is 0 Å². The smallest absolute Gasteiger partial charge is 0.254 e. The van der Waals surface area contributed by atoms with Crippen LogP contribution in [0.4, 0.5) is 50.5 Å². The molecule has 5 heteroatoms. The van der Waals surface area contributed by atoms with Crippen molar-refractivity contribution in [1.82, 2.24) is 0 Å². The number of anilines is 9. The summed E-state index contributed by atoms with van der Waals surface area (Å²) in [5.74, 6) is 0. The predicted molar refractivity (Wildman–Crippen MR) is 349 cm³/mol. The van der Waals surface area contributed by atoms with Crippen molar-refractivity contribution >= 4 is 95.0 Å². The van der Waals surface area contributed by atoms with Gasteiger partial charge < -0.3 is 14.7 Å². The van der Waals surface area contributed by atoms with Crippen LogP contribution < -0.4 is 31.1 Å². The lowest BCUT2D eigenvalue weighted by molar-refractivity contribution is 0.332. The molecule has 0 spiro atoms. The van der Waals surface area contributed by atoms with Crippen LogP contribution in [-0.2, 0) is 39.9 Å². The van der Waals surface area contributed by atoms with Gasteiger partial charge in [0.2, 0.25) is 0 Å². The van der Waals surface area contributed by atoms with Crippen molar-refractivity contribution in [2.45, 2.75) is 163 Å². The number of hydrogen-bond donors (Lipinski definition) is 0. The molecule has 0 N–H and O–H groups in total. The maximum absolute atomic E-state index is 2.74. The molecule has 3 nitrogen and oxygen atoms in total. The Kier molecular flexibility index (Phi) is 12.2. The van der Waals surface area contributed by atoms with Crippen LogP contribution in [0.5, 0.6) is 0 Å². The molecular weight excluding hydrogens is 986 g/mol. The van der Waals surface area contributed by atoms with E-state index in [2.05, 4.69) is 269 Å². The number of aryl methyl sites for hydroxylation is 3. The fourth-order valence-electron chi connectivity index (χ4n) is 14.5. The van der Waals surface area contributed by atoms with E-state index in [1.807, 2.05) is 11.3 Å². The Morgan fingerprint density at radius 3 is 1.61 bits per heavy atom. The van der Waals surface area contributed by atoms with Gasteiger partial charge in [-0.15, -0.1) is 11.3 Å². The van der Waals surface area contributed by atoms with Gasteiger partial charge in [-0.1, -0.05) is 169 Å². The molecule has 0 saturated heterocycles. The van der Waals surface area contributed by atoms with Crippen LogP contribution in [0.1, 0.15) is 160 Å². The number of para-hydroxylation sites is 2. The Hall–Kier alpha value is -6.82. The molecule has 0 atom stereocenters. The van der Waals surface area contributed by atoms with Crippen molar-refractivity contribution in [3.8, 4) is 11.1 Å². The third-order valence-corrected chi connectivity index (χ3v) is 20.8. The minimum atomic E-state index is -0.0645. The average Bonchev–Trinajstić information content (AvgIpc) is 3.86. The van der Waals surface area contributed by atoms with Crippen LogP contribution in [0.15, 0.2) is 158 Å². The molecule has 8 aromatic carbocycles. The molecule has 80 heavy (non-hydrogen) atoms. The standard InChI is InChI=1S/C75H80BN3S/c1-15-48-40-57-67(43-49(48)16-2)80-70-68(57)76-62-34-29-52(71(4,5)6)44-64(62)79(63-46-61-59(39-47(63)3)73(9,10)37-38-75(61,13)14)66-42-51(50-27-30-55(31-28-50)77(53-23-19-17-20-24-53)54-25-21-18-22-26-54)41-65(69(66)76)78(70)56-32-33-58-60(45-56)74(11,12)36-35-72(58,7)8/h17-34,39-46H,15-16,35-38H2,1-14H3. The molecule has 3 heterocycles. The van der Waals surface area contributed by atoms with E-state index in [1.165, 1.54) is 128 Å². The maximum atomic E-state index is 2.74. The number of thiophene rings is 1. The van der Waals surface area contributed by atoms with Gasteiger partial charge in [-0.3, -0.25) is 0 Å². The van der Waals surface area contributed by atoms with Gasteiger partial charge in [-0.25, -0.2) is 0 Å². The number of fused-ring (bicyclic) bond motifs is 8. The first kappa shape index (κ1) is 52.6. The first-order chi connectivity index (χ1) is 38.1. The molecule has 0 amide bonds. The number of benzene rings is 8.